The minimum absolute atomic E-state index is 0.271. The monoisotopic (exact) mass is 366 g/mol. The lowest BCUT2D eigenvalue weighted by atomic mass is 10.1. The van der Waals surface area contributed by atoms with Crippen LogP contribution in [0.1, 0.15) is 5.56 Å². The van der Waals surface area contributed by atoms with Gasteiger partial charge in [-0.15, -0.1) is 0 Å². The largest absolute Gasteiger partial charge is 0.300 e. The van der Waals surface area contributed by atoms with Crippen molar-refractivity contribution in [1.82, 2.24) is 9.21 Å². The zero-order chi connectivity index (χ0) is 17.9. The van der Waals surface area contributed by atoms with Gasteiger partial charge in [-0.3, -0.25) is 0 Å². The molecule has 4 nitrogen and oxygen atoms in total. The maximum Gasteiger partial charge on any atom is 0.246 e. The summed E-state index contributed by atoms with van der Waals surface area (Å²) in [4.78, 5) is 1.59. The van der Waals surface area contributed by atoms with E-state index in [1.165, 1.54) is 9.87 Å². The van der Waals surface area contributed by atoms with Crippen molar-refractivity contribution in [3.63, 3.8) is 0 Å². The van der Waals surface area contributed by atoms with Crippen LogP contribution in [0.3, 0.4) is 0 Å². The Labute approximate surface area is 146 Å². The van der Waals surface area contributed by atoms with E-state index in [4.69, 9.17) is 0 Å². The van der Waals surface area contributed by atoms with E-state index in [9.17, 15) is 17.2 Å². The van der Waals surface area contributed by atoms with Crippen LogP contribution in [0.4, 0.5) is 8.78 Å². The maximum atomic E-state index is 13.8. The minimum atomic E-state index is -4.01. The molecule has 25 heavy (non-hydrogen) atoms. The van der Waals surface area contributed by atoms with E-state index in [0.717, 1.165) is 31.2 Å². The second-order valence-corrected chi connectivity index (χ2v) is 7.96. The van der Waals surface area contributed by atoms with Crippen molar-refractivity contribution in [2.45, 2.75) is 11.3 Å². The van der Waals surface area contributed by atoms with E-state index in [-0.39, 0.29) is 13.1 Å². The van der Waals surface area contributed by atoms with Gasteiger partial charge in [0.1, 0.15) is 16.5 Å². The average molecular weight is 366 g/mol. The number of hydrogen-bond acceptors (Lipinski definition) is 3. The molecule has 2 aromatic rings. The summed E-state index contributed by atoms with van der Waals surface area (Å²) in [6.07, 6.45) is 0.895. The molecule has 0 aromatic heterocycles. The van der Waals surface area contributed by atoms with Gasteiger partial charge in [0.15, 0.2) is 0 Å². The number of sulfonamides is 1. The fourth-order valence-electron chi connectivity index (χ4n) is 2.94. The third-order valence-corrected chi connectivity index (χ3v) is 6.32. The van der Waals surface area contributed by atoms with Gasteiger partial charge in [-0.25, -0.2) is 17.2 Å². The van der Waals surface area contributed by atoms with Crippen LogP contribution in [0.25, 0.3) is 0 Å². The molecular weight excluding hydrogens is 346 g/mol. The molecule has 3 rings (SSSR count). The van der Waals surface area contributed by atoms with E-state index in [1.807, 2.05) is 18.2 Å². The van der Waals surface area contributed by atoms with Gasteiger partial charge in [0.05, 0.1) is 0 Å². The fraction of sp³-hybridized carbons (Fsp3) is 0.333. The van der Waals surface area contributed by atoms with Crippen molar-refractivity contribution in [3.8, 4) is 0 Å². The van der Waals surface area contributed by atoms with Gasteiger partial charge in [-0.2, -0.15) is 4.31 Å². The van der Waals surface area contributed by atoms with E-state index in [0.29, 0.717) is 13.1 Å². The Morgan fingerprint density at radius 2 is 1.60 bits per heavy atom. The highest BCUT2D eigenvalue weighted by atomic mass is 32.2. The summed E-state index contributed by atoms with van der Waals surface area (Å²) < 4.78 is 53.5. The third-order valence-electron chi connectivity index (χ3n) is 4.40. The highest BCUT2D eigenvalue weighted by molar-refractivity contribution is 7.89. The Hall–Kier alpha value is -1.83. The first kappa shape index (κ1) is 18.0. The van der Waals surface area contributed by atoms with E-state index < -0.39 is 26.6 Å². The van der Waals surface area contributed by atoms with E-state index >= 15 is 0 Å². The minimum Gasteiger partial charge on any atom is -0.300 e. The van der Waals surface area contributed by atoms with Crippen LogP contribution >= 0.6 is 0 Å². The molecule has 0 bridgehead atoms. The van der Waals surface area contributed by atoms with Crippen molar-refractivity contribution in [2.75, 3.05) is 32.7 Å². The van der Waals surface area contributed by atoms with Crippen molar-refractivity contribution < 1.29 is 17.2 Å². The molecular formula is C18H20F2N2O2S. The summed E-state index contributed by atoms with van der Waals surface area (Å²) in [5.74, 6) is -1.69. The van der Waals surface area contributed by atoms with Crippen LogP contribution in [-0.2, 0) is 16.4 Å². The summed E-state index contributed by atoms with van der Waals surface area (Å²) in [7, 11) is -4.01. The zero-order valence-corrected chi connectivity index (χ0v) is 14.6. The molecule has 0 radical (unpaired) electrons. The predicted octanol–water partition coefficient (Wildman–Crippen LogP) is 2.51. The maximum absolute atomic E-state index is 13.8. The lowest BCUT2D eigenvalue weighted by molar-refractivity contribution is 0.190. The number of hydrogen-bond donors (Lipinski definition) is 0. The average Bonchev–Trinajstić information content (AvgIpc) is 2.63. The highest BCUT2D eigenvalue weighted by Gasteiger charge is 2.30. The van der Waals surface area contributed by atoms with Gasteiger partial charge in [0.2, 0.25) is 10.0 Å². The molecule has 0 saturated carbocycles. The molecule has 0 aliphatic carbocycles. The summed E-state index contributed by atoms with van der Waals surface area (Å²) in [5.41, 5.74) is 1.24. The Morgan fingerprint density at radius 3 is 2.28 bits per heavy atom. The SMILES string of the molecule is O=S(=O)(c1cc(F)ccc1F)N1CCN(CCc2ccccc2)CC1. The number of nitrogens with zero attached hydrogens (tertiary/aromatic N) is 2. The Balaban J connectivity index is 1.60. The third kappa shape index (κ3) is 4.23. The van der Waals surface area contributed by atoms with Crippen molar-refractivity contribution in [2.24, 2.45) is 0 Å². The van der Waals surface area contributed by atoms with Crippen molar-refractivity contribution >= 4 is 10.0 Å². The van der Waals surface area contributed by atoms with Gasteiger partial charge >= 0.3 is 0 Å². The normalized spacial score (nSPS) is 16.9. The quantitative estimate of drug-likeness (QED) is 0.816. The molecule has 0 amide bonds. The number of piperazine rings is 1. The van der Waals surface area contributed by atoms with Crippen LogP contribution in [0, 0.1) is 11.6 Å². The van der Waals surface area contributed by atoms with Crippen LogP contribution < -0.4 is 0 Å². The van der Waals surface area contributed by atoms with Crippen molar-refractivity contribution in [1.29, 1.82) is 0 Å². The smallest absolute Gasteiger partial charge is 0.246 e. The Kier molecular flexibility index (Phi) is 5.46. The number of halogens is 2. The first-order chi connectivity index (χ1) is 12.0. The molecule has 2 aromatic carbocycles. The van der Waals surface area contributed by atoms with Gasteiger partial charge in [0, 0.05) is 32.7 Å². The number of benzene rings is 2. The molecule has 7 heteroatoms. The van der Waals surface area contributed by atoms with Crippen LogP contribution in [-0.4, -0.2) is 50.3 Å². The van der Waals surface area contributed by atoms with Crippen molar-refractivity contribution in [3.05, 3.63) is 65.7 Å². The highest BCUT2D eigenvalue weighted by Crippen LogP contribution is 2.21. The molecule has 0 spiro atoms. The van der Waals surface area contributed by atoms with Gasteiger partial charge < -0.3 is 4.90 Å². The van der Waals surface area contributed by atoms with Gasteiger partial charge in [-0.05, 0) is 30.2 Å². The van der Waals surface area contributed by atoms with Crippen LogP contribution in [0.15, 0.2) is 53.4 Å². The van der Waals surface area contributed by atoms with Gasteiger partial charge in [-0.1, -0.05) is 30.3 Å². The Bertz CT molecular complexity index is 820. The lowest BCUT2D eigenvalue weighted by Gasteiger charge is -2.34. The first-order valence-corrected chi connectivity index (χ1v) is 9.62. The second-order valence-electron chi connectivity index (χ2n) is 6.06. The lowest BCUT2D eigenvalue weighted by Crippen LogP contribution is -2.49. The standard InChI is InChI=1S/C18H20F2N2O2S/c19-16-6-7-17(20)18(14-16)25(23,24)22-12-10-21(11-13-22)9-8-15-4-2-1-3-5-15/h1-7,14H,8-13H2. The molecule has 0 atom stereocenters. The molecule has 1 saturated heterocycles. The summed E-state index contributed by atoms with van der Waals surface area (Å²) >= 11 is 0. The van der Waals surface area contributed by atoms with E-state index in [1.54, 1.807) is 0 Å². The first-order valence-electron chi connectivity index (χ1n) is 8.18. The zero-order valence-electron chi connectivity index (χ0n) is 13.7. The molecule has 1 aliphatic rings. The summed E-state index contributed by atoms with van der Waals surface area (Å²) in [5, 5.41) is 0. The topological polar surface area (TPSA) is 40.6 Å². The molecule has 1 aliphatic heterocycles. The van der Waals surface area contributed by atoms with E-state index in [2.05, 4.69) is 17.0 Å². The Morgan fingerprint density at radius 1 is 0.920 bits per heavy atom. The molecule has 0 N–H and O–H groups in total. The van der Waals surface area contributed by atoms with Gasteiger partial charge in [0.25, 0.3) is 0 Å². The van der Waals surface area contributed by atoms with Crippen LogP contribution in [0.5, 0.6) is 0 Å². The number of rotatable bonds is 5. The molecule has 1 fully saturated rings. The molecule has 134 valence electrons. The summed E-state index contributed by atoms with van der Waals surface area (Å²) in [6.45, 7) is 2.53. The predicted molar refractivity (Wildman–Crippen MR) is 91.7 cm³/mol. The molecule has 0 unspecified atom stereocenters. The fourth-order valence-corrected chi connectivity index (χ4v) is 4.44. The van der Waals surface area contributed by atoms with Crippen LogP contribution in [0.2, 0.25) is 0 Å². The summed E-state index contributed by atoms with van der Waals surface area (Å²) in [6, 6.07) is 12.6. The second kappa shape index (κ2) is 7.59. The molecule has 1 heterocycles.